The fourth-order valence-corrected chi connectivity index (χ4v) is 5.85. The number of carbonyl (C=O) groups excluding carboxylic acids is 1. The van der Waals surface area contributed by atoms with Gasteiger partial charge in [-0.25, -0.2) is 14.3 Å². The van der Waals surface area contributed by atoms with E-state index in [9.17, 15) is 18.0 Å². The molecule has 1 saturated carbocycles. The van der Waals surface area contributed by atoms with Crippen LogP contribution in [0.25, 0.3) is 5.65 Å². The summed E-state index contributed by atoms with van der Waals surface area (Å²) in [6.07, 6.45) is -3.19. The summed E-state index contributed by atoms with van der Waals surface area (Å²) in [5, 5.41) is 4.80. The molecule has 1 aliphatic heterocycles. The molecule has 0 spiro atoms. The van der Waals surface area contributed by atoms with Crippen molar-refractivity contribution in [3.05, 3.63) is 29.2 Å². The molecule has 1 saturated heterocycles. The zero-order valence-electron chi connectivity index (χ0n) is 19.5. The van der Waals surface area contributed by atoms with Crippen molar-refractivity contribution in [3.8, 4) is 0 Å². The molecule has 0 radical (unpaired) electrons. The van der Waals surface area contributed by atoms with Gasteiger partial charge in [-0.3, -0.25) is 0 Å². The minimum Gasteiger partial charge on any atom is -0.444 e. The van der Waals surface area contributed by atoms with Gasteiger partial charge in [0.05, 0.1) is 22.6 Å². The monoisotopic (exact) mass is 484 g/mol. The lowest BCUT2D eigenvalue weighted by Gasteiger charge is -2.34. The minimum atomic E-state index is -4.12. The Hall–Kier alpha value is -1.97. The Morgan fingerprint density at radius 3 is 2.48 bits per heavy atom. The van der Waals surface area contributed by atoms with Gasteiger partial charge in [0.25, 0.3) is 0 Å². The lowest BCUT2D eigenvalue weighted by atomic mass is 9.80. The number of aromatic nitrogens is 3. The lowest BCUT2D eigenvalue weighted by molar-refractivity contribution is -0.182. The third-order valence-electron chi connectivity index (χ3n) is 6.26. The standard InChI is InChI=1S/C23H31F3N4O2S/c1-14-11-18(19-13-29(9-10-33-19)21(31)32-22(2,3)4)30-20(27-14)12-17(28-30)15-5-7-16(8-6-15)23(24,25)26/h11-12,15-16,19H,5-10,13H2,1-4H3. The van der Waals surface area contributed by atoms with Crippen molar-refractivity contribution in [2.45, 2.75) is 76.3 Å². The smallest absolute Gasteiger partial charge is 0.410 e. The number of fused-ring (bicyclic) bond motifs is 1. The maximum atomic E-state index is 13.1. The average molecular weight is 485 g/mol. The highest BCUT2D eigenvalue weighted by molar-refractivity contribution is 7.99. The Labute approximate surface area is 196 Å². The van der Waals surface area contributed by atoms with Gasteiger partial charge in [0.2, 0.25) is 0 Å². The minimum absolute atomic E-state index is 0.00387. The van der Waals surface area contributed by atoms with E-state index < -0.39 is 17.7 Å². The molecule has 10 heteroatoms. The number of thioether (sulfide) groups is 1. The fourth-order valence-electron chi connectivity index (χ4n) is 4.61. The summed E-state index contributed by atoms with van der Waals surface area (Å²) in [6.45, 7) is 8.60. The molecule has 2 aliphatic rings. The number of ether oxygens (including phenoxy) is 1. The van der Waals surface area contributed by atoms with Crippen molar-refractivity contribution < 1.29 is 22.7 Å². The van der Waals surface area contributed by atoms with Crippen LogP contribution in [0.4, 0.5) is 18.0 Å². The first-order chi connectivity index (χ1) is 15.4. The number of rotatable bonds is 2. The quantitative estimate of drug-likeness (QED) is 0.531. The molecule has 4 rings (SSSR count). The Morgan fingerprint density at radius 1 is 1.15 bits per heavy atom. The topological polar surface area (TPSA) is 59.7 Å². The van der Waals surface area contributed by atoms with Crippen LogP contribution in [0.15, 0.2) is 12.1 Å². The molecule has 1 unspecified atom stereocenters. The van der Waals surface area contributed by atoms with Gasteiger partial charge < -0.3 is 9.64 Å². The van der Waals surface area contributed by atoms with Crippen LogP contribution < -0.4 is 0 Å². The van der Waals surface area contributed by atoms with Gasteiger partial charge in [0, 0.05) is 36.5 Å². The van der Waals surface area contributed by atoms with Gasteiger partial charge in [-0.05, 0) is 59.4 Å². The van der Waals surface area contributed by atoms with Crippen LogP contribution in [0.2, 0.25) is 0 Å². The average Bonchev–Trinajstić information content (AvgIpc) is 3.15. The molecule has 0 aromatic carbocycles. The van der Waals surface area contributed by atoms with Gasteiger partial charge in [0.15, 0.2) is 5.65 Å². The van der Waals surface area contributed by atoms with Gasteiger partial charge >= 0.3 is 12.3 Å². The van der Waals surface area contributed by atoms with Crippen molar-refractivity contribution in [1.82, 2.24) is 19.5 Å². The first-order valence-electron chi connectivity index (χ1n) is 11.4. The van der Waals surface area contributed by atoms with Gasteiger partial charge in [-0.15, -0.1) is 11.8 Å². The molecule has 0 N–H and O–H groups in total. The Morgan fingerprint density at radius 2 is 1.85 bits per heavy atom. The van der Waals surface area contributed by atoms with Crippen LogP contribution in [-0.2, 0) is 4.74 Å². The molecule has 6 nitrogen and oxygen atoms in total. The van der Waals surface area contributed by atoms with E-state index in [1.165, 1.54) is 0 Å². The third kappa shape index (κ3) is 5.58. The van der Waals surface area contributed by atoms with E-state index in [4.69, 9.17) is 9.84 Å². The lowest BCUT2D eigenvalue weighted by Crippen LogP contribution is -2.42. The largest absolute Gasteiger partial charge is 0.444 e. The molecule has 2 fully saturated rings. The van der Waals surface area contributed by atoms with Crippen LogP contribution in [0, 0.1) is 12.8 Å². The van der Waals surface area contributed by atoms with Crippen LogP contribution in [0.1, 0.15) is 74.7 Å². The number of hydrogen-bond acceptors (Lipinski definition) is 5. The first kappa shape index (κ1) is 24.2. The molecular formula is C23H31F3N4O2S. The second-order valence-electron chi connectivity index (χ2n) is 10.0. The predicted molar refractivity (Wildman–Crippen MR) is 121 cm³/mol. The summed E-state index contributed by atoms with van der Waals surface area (Å²) in [4.78, 5) is 19.0. The molecule has 2 aromatic rings. The second kappa shape index (κ2) is 9.00. The highest BCUT2D eigenvalue weighted by Crippen LogP contribution is 2.43. The molecule has 0 bridgehead atoms. The molecule has 1 aliphatic carbocycles. The molecular weight excluding hydrogens is 453 g/mol. The second-order valence-corrected chi connectivity index (χ2v) is 11.3. The summed E-state index contributed by atoms with van der Waals surface area (Å²) < 4.78 is 46.5. The van der Waals surface area contributed by atoms with Crippen molar-refractivity contribution in [1.29, 1.82) is 0 Å². The van der Waals surface area contributed by atoms with Gasteiger partial charge in [0.1, 0.15) is 5.60 Å². The van der Waals surface area contributed by atoms with Crippen LogP contribution in [-0.4, -0.2) is 56.2 Å². The summed E-state index contributed by atoms with van der Waals surface area (Å²) in [5.41, 5.74) is 2.75. The maximum Gasteiger partial charge on any atom is 0.410 e. The Bertz CT molecular complexity index is 1010. The number of nitrogens with zero attached hydrogens (tertiary/aromatic N) is 4. The first-order valence-corrected chi connectivity index (χ1v) is 12.5. The van der Waals surface area contributed by atoms with Crippen LogP contribution in [0.3, 0.4) is 0 Å². The molecule has 2 aromatic heterocycles. The number of amides is 1. The normalized spacial score (nSPS) is 24.8. The number of aryl methyl sites for hydroxylation is 1. The zero-order valence-corrected chi connectivity index (χ0v) is 20.3. The highest BCUT2D eigenvalue weighted by atomic mass is 32.2. The fraction of sp³-hybridized carbons (Fsp3) is 0.696. The van der Waals surface area contributed by atoms with E-state index in [1.807, 2.05) is 44.3 Å². The summed E-state index contributed by atoms with van der Waals surface area (Å²) >= 11 is 1.76. The Balaban J connectivity index is 1.55. The maximum absolute atomic E-state index is 13.1. The van der Waals surface area contributed by atoms with E-state index in [-0.39, 0.29) is 30.1 Å². The van der Waals surface area contributed by atoms with E-state index >= 15 is 0 Å². The number of hydrogen-bond donors (Lipinski definition) is 0. The summed E-state index contributed by atoms with van der Waals surface area (Å²) in [6, 6.07) is 3.90. The van der Waals surface area contributed by atoms with Crippen LogP contribution in [0.5, 0.6) is 0 Å². The highest BCUT2D eigenvalue weighted by Gasteiger charge is 2.42. The number of halogens is 3. The molecule has 3 heterocycles. The van der Waals surface area contributed by atoms with Crippen LogP contribution >= 0.6 is 11.8 Å². The molecule has 33 heavy (non-hydrogen) atoms. The van der Waals surface area contributed by atoms with E-state index in [0.29, 0.717) is 31.6 Å². The van der Waals surface area contributed by atoms with Gasteiger partial charge in [-0.1, -0.05) is 0 Å². The van der Waals surface area contributed by atoms with Gasteiger partial charge in [-0.2, -0.15) is 18.3 Å². The van der Waals surface area contributed by atoms with Crippen molar-refractivity contribution >= 4 is 23.5 Å². The van der Waals surface area contributed by atoms with E-state index in [1.54, 1.807) is 16.7 Å². The molecule has 182 valence electrons. The SMILES string of the molecule is Cc1cc(C2CN(C(=O)OC(C)(C)C)CCS2)n2nc(C3CCC(C(F)(F)F)CC3)cc2n1. The van der Waals surface area contributed by atoms with E-state index in [0.717, 1.165) is 22.8 Å². The van der Waals surface area contributed by atoms with Crippen molar-refractivity contribution in [2.24, 2.45) is 5.92 Å². The third-order valence-corrected chi connectivity index (χ3v) is 7.47. The number of alkyl halides is 3. The summed E-state index contributed by atoms with van der Waals surface area (Å²) in [5.74, 6) is -0.419. The predicted octanol–water partition coefficient (Wildman–Crippen LogP) is 5.90. The van der Waals surface area contributed by atoms with Crippen molar-refractivity contribution in [2.75, 3.05) is 18.8 Å². The molecule has 1 amide bonds. The molecule has 1 atom stereocenters. The zero-order chi connectivity index (χ0) is 24.0. The summed E-state index contributed by atoms with van der Waals surface area (Å²) in [7, 11) is 0. The van der Waals surface area contributed by atoms with E-state index in [2.05, 4.69) is 4.98 Å². The van der Waals surface area contributed by atoms with Crippen molar-refractivity contribution in [3.63, 3.8) is 0 Å². The number of carbonyl (C=O) groups is 1. The Kier molecular flexibility index (Phi) is 6.59.